The van der Waals surface area contributed by atoms with Crippen molar-refractivity contribution >= 4 is 33.2 Å². The van der Waals surface area contributed by atoms with Gasteiger partial charge in [0.2, 0.25) is 0 Å². The third kappa shape index (κ3) is 3.77. The Morgan fingerprint density at radius 1 is 1.29 bits per heavy atom. The molecule has 0 unspecified atom stereocenters. The fourth-order valence-corrected chi connectivity index (χ4v) is 2.37. The van der Waals surface area contributed by atoms with Crippen molar-refractivity contribution in [2.75, 3.05) is 0 Å². The van der Waals surface area contributed by atoms with Crippen LogP contribution in [0.25, 0.3) is 11.4 Å². The molecule has 0 radical (unpaired) electrons. The highest BCUT2D eigenvalue weighted by molar-refractivity contribution is 9.10. The number of hydrogen-bond donors (Lipinski definition) is 0. The standard InChI is InChI=1S/C14H13BrClN3O2/c1-8(2)7-11-12(15)13(16)18-14(17-11)9-3-5-10(6-4-9)19(20)21/h3-6,8H,7H2,1-2H3. The average Bonchev–Trinajstić information content (AvgIpc) is 2.43. The minimum Gasteiger partial charge on any atom is -0.258 e. The van der Waals surface area contributed by atoms with E-state index < -0.39 is 4.92 Å². The van der Waals surface area contributed by atoms with E-state index in [4.69, 9.17) is 11.6 Å². The zero-order chi connectivity index (χ0) is 15.6. The van der Waals surface area contributed by atoms with Crippen LogP contribution in [0, 0.1) is 16.0 Å². The van der Waals surface area contributed by atoms with Crippen LogP contribution in [-0.2, 0) is 6.42 Å². The van der Waals surface area contributed by atoms with Crippen LogP contribution in [0.5, 0.6) is 0 Å². The van der Waals surface area contributed by atoms with E-state index in [2.05, 4.69) is 39.7 Å². The molecule has 2 aromatic rings. The molecule has 1 aromatic carbocycles. The van der Waals surface area contributed by atoms with Crippen molar-refractivity contribution in [2.45, 2.75) is 20.3 Å². The van der Waals surface area contributed by atoms with Crippen LogP contribution in [-0.4, -0.2) is 14.9 Å². The topological polar surface area (TPSA) is 68.9 Å². The van der Waals surface area contributed by atoms with Gasteiger partial charge in [-0.2, -0.15) is 0 Å². The van der Waals surface area contributed by atoms with E-state index >= 15 is 0 Å². The van der Waals surface area contributed by atoms with Gasteiger partial charge in [-0.05, 0) is 40.4 Å². The van der Waals surface area contributed by atoms with E-state index in [0.29, 0.717) is 26.9 Å². The number of benzene rings is 1. The number of halogens is 2. The van der Waals surface area contributed by atoms with Gasteiger partial charge in [0.15, 0.2) is 5.82 Å². The molecule has 0 saturated carbocycles. The van der Waals surface area contributed by atoms with Crippen LogP contribution >= 0.6 is 27.5 Å². The number of nitrogens with zero attached hydrogens (tertiary/aromatic N) is 3. The number of aromatic nitrogens is 2. The van der Waals surface area contributed by atoms with Gasteiger partial charge in [0.05, 0.1) is 15.1 Å². The van der Waals surface area contributed by atoms with E-state index in [0.717, 1.165) is 12.1 Å². The summed E-state index contributed by atoms with van der Waals surface area (Å²) in [6, 6.07) is 6.10. The summed E-state index contributed by atoms with van der Waals surface area (Å²) in [5.74, 6) is 0.894. The Morgan fingerprint density at radius 3 is 2.43 bits per heavy atom. The second-order valence-electron chi connectivity index (χ2n) is 5.00. The van der Waals surface area contributed by atoms with Gasteiger partial charge in [0.1, 0.15) is 5.15 Å². The Labute approximate surface area is 135 Å². The summed E-state index contributed by atoms with van der Waals surface area (Å²) < 4.78 is 0.698. The van der Waals surface area contributed by atoms with E-state index in [1.807, 2.05) is 0 Å². The minimum absolute atomic E-state index is 0.0318. The number of nitro groups is 1. The Kier molecular flexibility index (Phi) is 4.90. The van der Waals surface area contributed by atoms with Crippen LogP contribution in [0.15, 0.2) is 28.7 Å². The van der Waals surface area contributed by atoms with E-state index in [1.165, 1.54) is 12.1 Å². The Hall–Kier alpha value is -1.53. The molecule has 5 nitrogen and oxygen atoms in total. The molecule has 0 N–H and O–H groups in total. The van der Waals surface area contributed by atoms with E-state index in [-0.39, 0.29) is 5.69 Å². The van der Waals surface area contributed by atoms with Gasteiger partial charge in [-0.1, -0.05) is 25.4 Å². The largest absolute Gasteiger partial charge is 0.269 e. The predicted octanol–water partition coefficient (Wildman–Crippen LogP) is 4.67. The fourth-order valence-electron chi connectivity index (χ4n) is 1.85. The number of nitro benzene ring substituents is 1. The maximum Gasteiger partial charge on any atom is 0.269 e. The first-order valence-corrected chi connectivity index (χ1v) is 7.52. The molecule has 0 saturated heterocycles. The quantitative estimate of drug-likeness (QED) is 0.445. The fraction of sp³-hybridized carbons (Fsp3) is 0.286. The van der Waals surface area contributed by atoms with Crippen molar-refractivity contribution in [1.29, 1.82) is 0 Å². The molecule has 7 heteroatoms. The second kappa shape index (κ2) is 6.49. The van der Waals surface area contributed by atoms with Crippen LogP contribution in [0.2, 0.25) is 5.15 Å². The van der Waals surface area contributed by atoms with Crippen LogP contribution in [0.1, 0.15) is 19.5 Å². The second-order valence-corrected chi connectivity index (χ2v) is 6.15. The molecule has 0 aliphatic rings. The van der Waals surface area contributed by atoms with Crippen LogP contribution < -0.4 is 0 Å². The highest BCUT2D eigenvalue weighted by atomic mass is 79.9. The van der Waals surface area contributed by atoms with Crippen molar-refractivity contribution in [1.82, 2.24) is 9.97 Å². The lowest BCUT2D eigenvalue weighted by Crippen LogP contribution is -2.02. The molecule has 0 atom stereocenters. The first kappa shape index (κ1) is 15.9. The van der Waals surface area contributed by atoms with Gasteiger partial charge in [0.25, 0.3) is 5.69 Å². The maximum absolute atomic E-state index is 10.7. The summed E-state index contributed by atoms with van der Waals surface area (Å²) in [7, 11) is 0. The highest BCUT2D eigenvalue weighted by Crippen LogP contribution is 2.29. The molecule has 2 rings (SSSR count). The first-order valence-electron chi connectivity index (χ1n) is 6.35. The third-order valence-corrected chi connectivity index (χ3v) is 4.15. The number of rotatable bonds is 4. The molecule has 1 heterocycles. The highest BCUT2D eigenvalue weighted by Gasteiger charge is 2.14. The zero-order valence-electron chi connectivity index (χ0n) is 11.5. The van der Waals surface area contributed by atoms with E-state index in [9.17, 15) is 10.1 Å². The third-order valence-electron chi connectivity index (χ3n) is 2.82. The molecule has 0 spiro atoms. The smallest absolute Gasteiger partial charge is 0.258 e. The lowest BCUT2D eigenvalue weighted by Gasteiger charge is -2.10. The molecule has 0 bridgehead atoms. The number of hydrogen-bond acceptors (Lipinski definition) is 4. The predicted molar refractivity (Wildman–Crippen MR) is 85.4 cm³/mol. The van der Waals surface area contributed by atoms with Crippen LogP contribution in [0.4, 0.5) is 5.69 Å². The Morgan fingerprint density at radius 2 is 1.90 bits per heavy atom. The lowest BCUT2D eigenvalue weighted by atomic mass is 10.1. The molecular formula is C14H13BrClN3O2. The molecule has 0 aliphatic carbocycles. The zero-order valence-corrected chi connectivity index (χ0v) is 13.8. The van der Waals surface area contributed by atoms with Crippen LogP contribution in [0.3, 0.4) is 0 Å². The van der Waals surface area contributed by atoms with Gasteiger partial charge in [-0.15, -0.1) is 0 Å². The SMILES string of the molecule is CC(C)Cc1nc(-c2ccc([N+](=O)[O-])cc2)nc(Cl)c1Br. The summed E-state index contributed by atoms with van der Waals surface area (Å²) in [5, 5.41) is 11.0. The molecular weight excluding hydrogens is 358 g/mol. The summed E-state index contributed by atoms with van der Waals surface area (Å²) in [6.07, 6.45) is 0.767. The number of non-ortho nitro benzene ring substituents is 1. The summed E-state index contributed by atoms with van der Waals surface area (Å²) in [6.45, 7) is 4.18. The van der Waals surface area contributed by atoms with Crippen molar-refractivity contribution in [3.05, 3.63) is 49.7 Å². The van der Waals surface area contributed by atoms with E-state index in [1.54, 1.807) is 12.1 Å². The van der Waals surface area contributed by atoms with Crippen molar-refractivity contribution in [3.63, 3.8) is 0 Å². The molecule has 0 fully saturated rings. The van der Waals surface area contributed by atoms with Crippen molar-refractivity contribution in [3.8, 4) is 11.4 Å². The monoisotopic (exact) mass is 369 g/mol. The van der Waals surface area contributed by atoms with Gasteiger partial charge >= 0.3 is 0 Å². The normalized spacial score (nSPS) is 10.9. The summed E-state index contributed by atoms with van der Waals surface area (Å²) >= 11 is 9.53. The minimum atomic E-state index is -0.441. The Balaban J connectivity index is 2.43. The van der Waals surface area contributed by atoms with Gasteiger partial charge < -0.3 is 0 Å². The lowest BCUT2D eigenvalue weighted by molar-refractivity contribution is -0.384. The maximum atomic E-state index is 10.7. The molecule has 21 heavy (non-hydrogen) atoms. The van der Waals surface area contributed by atoms with Gasteiger partial charge in [-0.3, -0.25) is 10.1 Å². The van der Waals surface area contributed by atoms with Crippen molar-refractivity contribution in [2.24, 2.45) is 5.92 Å². The van der Waals surface area contributed by atoms with Gasteiger partial charge in [-0.25, -0.2) is 9.97 Å². The Bertz CT molecular complexity index is 675. The van der Waals surface area contributed by atoms with Crippen molar-refractivity contribution < 1.29 is 4.92 Å². The molecule has 110 valence electrons. The average molecular weight is 371 g/mol. The first-order chi connectivity index (χ1) is 9.88. The molecule has 0 aliphatic heterocycles. The van der Waals surface area contributed by atoms with Gasteiger partial charge in [0, 0.05) is 17.7 Å². The molecule has 1 aromatic heterocycles. The summed E-state index contributed by atoms with van der Waals surface area (Å²) in [4.78, 5) is 19.0. The summed E-state index contributed by atoms with van der Waals surface area (Å²) in [5.41, 5.74) is 1.56. The molecule has 0 amide bonds.